The molecule has 1 aliphatic heterocycles. The van der Waals surface area contributed by atoms with Gasteiger partial charge in [0.1, 0.15) is 11.9 Å². The fraction of sp³-hybridized carbons (Fsp3) is 0.188. The summed E-state index contributed by atoms with van der Waals surface area (Å²) in [7, 11) is 3.03. The standard InChI is InChI=1S/C32H32N6O3/c1-4-20-9-11-22(12-10-20)29-25-8-6-5-7-23(25)19-36-38(29)14-13-27(39)26-16-21(17-28(40-2)30(26)41-3)15-24-18-35-32(34)37-31(24)33/h5-14,16-19,29H,4,15H2,1-3H3,(H4,33,34,35,37)/b14-13+. The second kappa shape index (κ2) is 11.9. The molecule has 0 amide bonds. The largest absolute Gasteiger partial charge is 0.493 e. The Labute approximate surface area is 239 Å². The molecule has 0 saturated carbocycles. The molecule has 0 bridgehead atoms. The van der Waals surface area contributed by atoms with Crippen LogP contribution in [0.15, 0.2) is 84.2 Å². The lowest BCUT2D eigenvalue weighted by Crippen LogP contribution is -2.25. The molecule has 3 aromatic carbocycles. The average molecular weight is 549 g/mol. The van der Waals surface area contributed by atoms with Gasteiger partial charge in [0.15, 0.2) is 17.3 Å². The number of nitrogens with two attached hydrogens (primary N) is 2. The van der Waals surface area contributed by atoms with E-state index in [1.807, 2.05) is 24.4 Å². The number of methoxy groups -OCH3 is 2. The zero-order chi connectivity index (χ0) is 28.9. The first-order valence-electron chi connectivity index (χ1n) is 13.3. The molecule has 9 heteroatoms. The van der Waals surface area contributed by atoms with E-state index < -0.39 is 0 Å². The van der Waals surface area contributed by atoms with Gasteiger partial charge in [-0.05, 0) is 40.8 Å². The quantitative estimate of drug-likeness (QED) is 0.222. The third-order valence-electron chi connectivity index (χ3n) is 7.08. The third kappa shape index (κ3) is 5.74. The summed E-state index contributed by atoms with van der Waals surface area (Å²) in [5.74, 6) is 0.878. The van der Waals surface area contributed by atoms with Crippen molar-refractivity contribution in [2.45, 2.75) is 25.8 Å². The summed E-state index contributed by atoms with van der Waals surface area (Å²) in [5.41, 5.74) is 18.0. The van der Waals surface area contributed by atoms with Crippen LogP contribution in [0.25, 0.3) is 0 Å². The van der Waals surface area contributed by atoms with Gasteiger partial charge in [-0.25, -0.2) is 4.98 Å². The van der Waals surface area contributed by atoms with E-state index in [0.717, 1.165) is 28.7 Å². The van der Waals surface area contributed by atoms with Gasteiger partial charge in [0.05, 0.1) is 26.0 Å². The van der Waals surface area contributed by atoms with E-state index in [2.05, 4.69) is 52.3 Å². The van der Waals surface area contributed by atoms with Crippen molar-refractivity contribution in [2.75, 3.05) is 25.7 Å². The summed E-state index contributed by atoms with van der Waals surface area (Å²) in [6.45, 7) is 2.13. The van der Waals surface area contributed by atoms with E-state index in [1.54, 1.807) is 29.5 Å². The van der Waals surface area contributed by atoms with Crippen LogP contribution in [0.3, 0.4) is 0 Å². The molecule has 0 saturated heterocycles. The molecule has 9 nitrogen and oxygen atoms in total. The lowest BCUT2D eigenvalue weighted by Gasteiger charge is -2.31. The number of ketones is 1. The van der Waals surface area contributed by atoms with Crippen LogP contribution in [0, 0.1) is 0 Å². The van der Waals surface area contributed by atoms with Gasteiger partial charge in [-0.2, -0.15) is 10.1 Å². The summed E-state index contributed by atoms with van der Waals surface area (Å²) in [6, 6.07) is 20.0. The summed E-state index contributed by atoms with van der Waals surface area (Å²) >= 11 is 0. The summed E-state index contributed by atoms with van der Waals surface area (Å²) in [6.07, 6.45) is 7.93. The Morgan fingerprint density at radius 3 is 2.51 bits per heavy atom. The fourth-order valence-electron chi connectivity index (χ4n) is 4.94. The highest BCUT2D eigenvalue weighted by Gasteiger charge is 2.26. The number of carbonyl (C=O) groups excluding carboxylic acids is 1. The SMILES string of the molecule is CCc1ccc(C2c3ccccc3C=NN2/C=C/C(=O)c2cc(Cc3cnc(N)nc3N)cc(OC)c2OC)cc1. The first-order chi connectivity index (χ1) is 19.9. The molecule has 1 aromatic heterocycles. The van der Waals surface area contributed by atoms with Gasteiger partial charge in [-0.3, -0.25) is 9.80 Å². The molecular weight excluding hydrogens is 516 g/mol. The molecule has 0 aliphatic carbocycles. The number of carbonyl (C=O) groups is 1. The van der Waals surface area contributed by atoms with Crippen LogP contribution in [0.2, 0.25) is 0 Å². The molecule has 0 spiro atoms. The van der Waals surface area contributed by atoms with Crippen LogP contribution in [0.4, 0.5) is 11.8 Å². The van der Waals surface area contributed by atoms with Crippen molar-refractivity contribution in [1.82, 2.24) is 15.0 Å². The Morgan fingerprint density at radius 1 is 1.02 bits per heavy atom. The minimum Gasteiger partial charge on any atom is -0.493 e. The van der Waals surface area contributed by atoms with Crippen molar-refractivity contribution in [2.24, 2.45) is 5.10 Å². The predicted octanol–water partition coefficient (Wildman–Crippen LogP) is 4.95. The highest BCUT2D eigenvalue weighted by atomic mass is 16.5. The van der Waals surface area contributed by atoms with E-state index in [9.17, 15) is 4.79 Å². The second-order valence-electron chi connectivity index (χ2n) is 9.63. The normalized spacial score (nSPS) is 14.2. The second-order valence-corrected chi connectivity index (χ2v) is 9.63. The number of fused-ring (bicyclic) bond motifs is 1. The maximum absolute atomic E-state index is 13.7. The number of hydrogen-bond acceptors (Lipinski definition) is 9. The zero-order valence-electron chi connectivity index (χ0n) is 23.2. The Bertz CT molecular complexity index is 1630. The number of nitrogens with zero attached hydrogens (tertiary/aromatic N) is 4. The highest BCUT2D eigenvalue weighted by Crippen LogP contribution is 2.36. The Kier molecular flexibility index (Phi) is 7.96. The molecule has 0 fully saturated rings. The number of aryl methyl sites for hydroxylation is 1. The molecule has 1 atom stereocenters. The van der Waals surface area contributed by atoms with Crippen LogP contribution in [-0.4, -0.2) is 41.2 Å². The number of nitrogen functional groups attached to an aromatic ring is 2. The molecule has 2 heterocycles. The summed E-state index contributed by atoms with van der Waals surface area (Å²) < 4.78 is 11.2. The Balaban J connectivity index is 1.49. The first kappa shape index (κ1) is 27.4. The minimum absolute atomic E-state index is 0.0992. The number of aromatic nitrogens is 2. The molecule has 4 N–H and O–H groups in total. The molecule has 0 radical (unpaired) electrons. The summed E-state index contributed by atoms with van der Waals surface area (Å²) in [5, 5.41) is 6.49. The third-order valence-corrected chi connectivity index (χ3v) is 7.08. The molecule has 1 unspecified atom stereocenters. The van der Waals surface area contributed by atoms with Gasteiger partial charge in [0.25, 0.3) is 0 Å². The predicted molar refractivity (Wildman–Crippen MR) is 160 cm³/mol. The zero-order valence-corrected chi connectivity index (χ0v) is 23.2. The minimum atomic E-state index is -0.266. The van der Waals surface area contributed by atoms with Crippen LogP contribution in [0.1, 0.15) is 56.7 Å². The van der Waals surface area contributed by atoms with Gasteiger partial charge >= 0.3 is 0 Å². The molecule has 41 heavy (non-hydrogen) atoms. The van der Waals surface area contributed by atoms with E-state index in [-0.39, 0.29) is 23.6 Å². The number of benzene rings is 3. The van der Waals surface area contributed by atoms with Crippen LogP contribution >= 0.6 is 0 Å². The van der Waals surface area contributed by atoms with Crippen molar-refractivity contribution in [3.63, 3.8) is 0 Å². The number of hydrazone groups is 1. The molecular formula is C32H32N6O3. The van der Waals surface area contributed by atoms with Gasteiger partial charge < -0.3 is 20.9 Å². The van der Waals surface area contributed by atoms with E-state index in [1.165, 1.54) is 25.9 Å². The first-order valence-corrected chi connectivity index (χ1v) is 13.3. The van der Waals surface area contributed by atoms with E-state index in [0.29, 0.717) is 29.0 Å². The highest BCUT2D eigenvalue weighted by molar-refractivity contribution is 6.07. The molecule has 1 aliphatic rings. The van der Waals surface area contributed by atoms with Crippen LogP contribution in [-0.2, 0) is 12.8 Å². The van der Waals surface area contributed by atoms with Crippen molar-refractivity contribution in [3.8, 4) is 11.5 Å². The van der Waals surface area contributed by atoms with Gasteiger partial charge in [0.2, 0.25) is 5.95 Å². The van der Waals surface area contributed by atoms with Crippen molar-refractivity contribution in [1.29, 1.82) is 0 Å². The van der Waals surface area contributed by atoms with Gasteiger partial charge in [-0.15, -0.1) is 0 Å². The average Bonchev–Trinajstić information content (AvgIpc) is 3.00. The van der Waals surface area contributed by atoms with Gasteiger partial charge in [-0.1, -0.05) is 55.5 Å². The number of rotatable bonds is 9. The van der Waals surface area contributed by atoms with E-state index in [4.69, 9.17) is 20.9 Å². The summed E-state index contributed by atoms with van der Waals surface area (Å²) in [4.78, 5) is 21.7. The number of hydrogen-bond donors (Lipinski definition) is 2. The monoisotopic (exact) mass is 548 g/mol. The van der Waals surface area contributed by atoms with Crippen molar-refractivity contribution in [3.05, 3.63) is 118 Å². The maximum atomic E-state index is 13.7. The van der Waals surface area contributed by atoms with E-state index >= 15 is 0 Å². The fourth-order valence-corrected chi connectivity index (χ4v) is 4.94. The smallest absolute Gasteiger partial charge is 0.221 e. The van der Waals surface area contributed by atoms with Crippen LogP contribution in [0.5, 0.6) is 11.5 Å². The lowest BCUT2D eigenvalue weighted by molar-refractivity contribution is 0.104. The lowest BCUT2D eigenvalue weighted by atomic mass is 9.92. The van der Waals surface area contributed by atoms with Crippen molar-refractivity contribution >= 4 is 23.8 Å². The number of anilines is 2. The van der Waals surface area contributed by atoms with Crippen LogP contribution < -0.4 is 20.9 Å². The topological polar surface area (TPSA) is 129 Å². The molecule has 4 aromatic rings. The number of allylic oxidation sites excluding steroid dienone is 1. The maximum Gasteiger partial charge on any atom is 0.221 e. The van der Waals surface area contributed by atoms with Crippen molar-refractivity contribution < 1.29 is 14.3 Å². The van der Waals surface area contributed by atoms with Gasteiger partial charge in [0, 0.05) is 36.0 Å². The Hall–Kier alpha value is -5.18. The number of ether oxygens (including phenoxy) is 2. The Morgan fingerprint density at radius 2 is 1.80 bits per heavy atom. The molecule has 5 rings (SSSR count). The molecule has 208 valence electrons.